The predicted octanol–water partition coefficient (Wildman–Crippen LogP) is 2.81. The SMILES string of the molecule is CCCNC/C(=C\F)Cn1cc2c(c1C)CCN(C1CC1)C2=O. The summed E-state index contributed by atoms with van der Waals surface area (Å²) >= 11 is 0. The van der Waals surface area contributed by atoms with E-state index in [-0.39, 0.29) is 5.91 Å². The van der Waals surface area contributed by atoms with Crippen LogP contribution in [0.2, 0.25) is 0 Å². The number of nitrogens with one attached hydrogen (secondary N) is 1. The number of nitrogens with zero attached hydrogens (tertiary/aromatic N) is 2. The van der Waals surface area contributed by atoms with Gasteiger partial charge in [0.15, 0.2) is 0 Å². The van der Waals surface area contributed by atoms with Crippen LogP contribution in [0.25, 0.3) is 0 Å². The van der Waals surface area contributed by atoms with E-state index >= 15 is 0 Å². The maximum Gasteiger partial charge on any atom is 0.255 e. The predicted molar refractivity (Wildman–Crippen MR) is 89.3 cm³/mol. The van der Waals surface area contributed by atoms with Crippen LogP contribution in [0.4, 0.5) is 4.39 Å². The molecule has 2 aliphatic rings. The van der Waals surface area contributed by atoms with Crippen LogP contribution in [0.5, 0.6) is 0 Å². The van der Waals surface area contributed by atoms with Crippen LogP contribution in [0.15, 0.2) is 18.1 Å². The van der Waals surface area contributed by atoms with Crippen molar-refractivity contribution in [1.29, 1.82) is 0 Å². The number of hydrogen-bond donors (Lipinski definition) is 1. The van der Waals surface area contributed by atoms with Gasteiger partial charge in [-0.1, -0.05) is 6.92 Å². The van der Waals surface area contributed by atoms with Crippen molar-refractivity contribution < 1.29 is 9.18 Å². The van der Waals surface area contributed by atoms with E-state index < -0.39 is 0 Å². The molecule has 2 heterocycles. The Bertz CT molecular complexity index is 616. The molecule has 1 amide bonds. The highest BCUT2D eigenvalue weighted by atomic mass is 19.1. The van der Waals surface area contributed by atoms with Crippen molar-refractivity contribution in [1.82, 2.24) is 14.8 Å². The number of carbonyl (C=O) groups excluding carboxylic acids is 1. The monoisotopic (exact) mass is 319 g/mol. The Morgan fingerprint density at radius 3 is 2.91 bits per heavy atom. The molecule has 1 aliphatic heterocycles. The van der Waals surface area contributed by atoms with Gasteiger partial charge < -0.3 is 14.8 Å². The lowest BCUT2D eigenvalue weighted by Crippen LogP contribution is -2.38. The zero-order valence-electron chi connectivity index (χ0n) is 14.1. The van der Waals surface area contributed by atoms with E-state index in [1.54, 1.807) is 0 Å². The third-order valence-electron chi connectivity index (χ3n) is 4.87. The molecule has 1 fully saturated rings. The summed E-state index contributed by atoms with van der Waals surface area (Å²) in [5.41, 5.74) is 3.77. The van der Waals surface area contributed by atoms with Gasteiger partial charge in [0.2, 0.25) is 0 Å². The van der Waals surface area contributed by atoms with Crippen molar-refractivity contribution in [2.45, 2.75) is 52.1 Å². The van der Waals surface area contributed by atoms with Gasteiger partial charge in [0, 0.05) is 37.6 Å². The van der Waals surface area contributed by atoms with Crippen molar-refractivity contribution >= 4 is 5.91 Å². The van der Waals surface area contributed by atoms with Crippen LogP contribution in [0.1, 0.15) is 47.8 Å². The number of amides is 1. The maximum absolute atomic E-state index is 13.1. The van der Waals surface area contributed by atoms with Crippen LogP contribution in [-0.4, -0.2) is 41.1 Å². The van der Waals surface area contributed by atoms with Gasteiger partial charge in [0.25, 0.3) is 5.91 Å². The van der Waals surface area contributed by atoms with Crippen LogP contribution < -0.4 is 5.32 Å². The highest BCUT2D eigenvalue weighted by Gasteiger charge is 2.37. The fourth-order valence-corrected chi connectivity index (χ4v) is 3.36. The Kier molecular flexibility index (Phi) is 4.85. The molecule has 0 radical (unpaired) electrons. The Morgan fingerprint density at radius 2 is 2.26 bits per heavy atom. The van der Waals surface area contributed by atoms with Gasteiger partial charge >= 0.3 is 0 Å². The molecule has 0 unspecified atom stereocenters. The molecule has 5 heteroatoms. The van der Waals surface area contributed by atoms with Crippen LogP contribution in [-0.2, 0) is 13.0 Å². The third kappa shape index (κ3) is 3.34. The summed E-state index contributed by atoms with van der Waals surface area (Å²) in [5, 5.41) is 3.23. The first-order chi connectivity index (χ1) is 11.2. The molecule has 126 valence electrons. The molecule has 1 aromatic heterocycles. The average Bonchev–Trinajstić information content (AvgIpc) is 3.33. The zero-order chi connectivity index (χ0) is 16.4. The fraction of sp³-hybridized carbons (Fsp3) is 0.611. The number of hydrogen-bond acceptors (Lipinski definition) is 2. The molecule has 0 atom stereocenters. The highest BCUT2D eigenvalue weighted by molar-refractivity contribution is 5.97. The summed E-state index contributed by atoms with van der Waals surface area (Å²) in [4.78, 5) is 14.7. The normalized spacial score (nSPS) is 18.5. The van der Waals surface area contributed by atoms with Gasteiger partial charge in [0.1, 0.15) is 0 Å². The summed E-state index contributed by atoms with van der Waals surface area (Å²) in [6.45, 7) is 6.89. The van der Waals surface area contributed by atoms with Gasteiger partial charge in [-0.2, -0.15) is 0 Å². The summed E-state index contributed by atoms with van der Waals surface area (Å²) < 4.78 is 15.2. The topological polar surface area (TPSA) is 37.3 Å². The number of carbonyl (C=O) groups is 1. The molecule has 4 nitrogen and oxygen atoms in total. The van der Waals surface area contributed by atoms with E-state index in [2.05, 4.69) is 12.2 Å². The van der Waals surface area contributed by atoms with Gasteiger partial charge in [-0.25, -0.2) is 4.39 Å². The molecule has 0 bridgehead atoms. The molecule has 1 saturated carbocycles. The molecule has 0 spiro atoms. The Morgan fingerprint density at radius 1 is 1.48 bits per heavy atom. The second-order valence-electron chi connectivity index (χ2n) is 6.66. The van der Waals surface area contributed by atoms with Crippen molar-refractivity contribution in [3.05, 3.63) is 34.9 Å². The minimum Gasteiger partial charge on any atom is -0.346 e. The van der Waals surface area contributed by atoms with Crippen LogP contribution >= 0.6 is 0 Å². The fourth-order valence-electron chi connectivity index (χ4n) is 3.36. The molecular weight excluding hydrogens is 293 g/mol. The first kappa shape index (κ1) is 16.2. The van der Waals surface area contributed by atoms with Crippen molar-refractivity contribution in [2.75, 3.05) is 19.6 Å². The zero-order valence-corrected chi connectivity index (χ0v) is 14.1. The van der Waals surface area contributed by atoms with Gasteiger partial charge in [0.05, 0.1) is 11.9 Å². The molecule has 23 heavy (non-hydrogen) atoms. The second-order valence-corrected chi connectivity index (χ2v) is 6.66. The van der Waals surface area contributed by atoms with Gasteiger partial charge in [-0.3, -0.25) is 4.79 Å². The first-order valence-corrected chi connectivity index (χ1v) is 8.64. The maximum atomic E-state index is 13.1. The highest BCUT2D eigenvalue weighted by Crippen LogP contribution is 2.33. The first-order valence-electron chi connectivity index (χ1n) is 8.64. The Hall–Kier alpha value is -1.62. The average molecular weight is 319 g/mol. The van der Waals surface area contributed by atoms with E-state index in [0.717, 1.165) is 55.6 Å². The minimum atomic E-state index is 0.158. The summed E-state index contributed by atoms with van der Waals surface area (Å²) in [7, 11) is 0. The van der Waals surface area contributed by atoms with E-state index in [4.69, 9.17) is 0 Å². The van der Waals surface area contributed by atoms with Crippen molar-refractivity contribution in [2.24, 2.45) is 0 Å². The summed E-state index contributed by atoms with van der Waals surface area (Å²) in [6, 6.07) is 0.457. The van der Waals surface area contributed by atoms with E-state index in [1.807, 2.05) is 22.6 Å². The lowest BCUT2D eigenvalue weighted by atomic mass is 10.0. The number of fused-ring (bicyclic) bond motifs is 1. The molecule has 1 aliphatic carbocycles. The summed E-state index contributed by atoms with van der Waals surface area (Å²) in [6.07, 6.45) is 6.84. The van der Waals surface area contributed by atoms with E-state index in [0.29, 0.717) is 31.0 Å². The van der Waals surface area contributed by atoms with E-state index in [1.165, 1.54) is 0 Å². The van der Waals surface area contributed by atoms with E-state index in [9.17, 15) is 9.18 Å². The minimum absolute atomic E-state index is 0.158. The molecule has 3 rings (SSSR count). The second kappa shape index (κ2) is 6.87. The third-order valence-corrected chi connectivity index (χ3v) is 4.87. The molecule has 1 N–H and O–H groups in total. The largest absolute Gasteiger partial charge is 0.346 e. The quantitative estimate of drug-likeness (QED) is 0.785. The number of halogens is 1. The van der Waals surface area contributed by atoms with Gasteiger partial charge in [-0.05, 0) is 50.3 Å². The van der Waals surface area contributed by atoms with Crippen LogP contribution in [0.3, 0.4) is 0 Å². The lowest BCUT2D eigenvalue weighted by Gasteiger charge is -2.27. The molecule has 0 saturated heterocycles. The van der Waals surface area contributed by atoms with Crippen molar-refractivity contribution in [3.63, 3.8) is 0 Å². The Balaban J connectivity index is 1.74. The summed E-state index contributed by atoms with van der Waals surface area (Å²) in [5.74, 6) is 0.158. The van der Waals surface area contributed by atoms with Gasteiger partial charge in [-0.15, -0.1) is 0 Å². The lowest BCUT2D eigenvalue weighted by molar-refractivity contribution is 0.0727. The number of aromatic nitrogens is 1. The molecular formula is C18H26FN3O. The smallest absolute Gasteiger partial charge is 0.255 e. The Labute approximate surface area is 137 Å². The van der Waals surface area contributed by atoms with Crippen LogP contribution in [0, 0.1) is 6.92 Å². The standard InChI is InChI=1S/C18H26FN3O/c1-3-7-20-10-14(9-19)11-21-12-17-16(13(21)2)6-8-22(18(17)23)15-4-5-15/h9,12,15,20H,3-8,10-11H2,1-2H3/b14-9+. The number of rotatable bonds is 7. The molecule has 1 aromatic rings. The van der Waals surface area contributed by atoms with Crippen molar-refractivity contribution in [3.8, 4) is 0 Å². The molecule has 0 aromatic carbocycles.